The molecule has 0 fully saturated rings. The molecule has 0 aliphatic carbocycles. The van der Waals surface area contributed by atoms with Crippen LogP contribution in [0.25, 0.3) is 88.4 Å². The summed E-state index contributed by atoms with van der Waals surface area (Å²) in [6.45, 7) is 0. The molecule has 0 N–H and O–H groups in total. The van der Waals surface area contributed by atoms with Gasteiger partial charge in [0.2, 0.25) is 0 Å². The quantitative estimate of drug-likeness (QED) is 0.159. The van der Waals surface area contributed by atoms with E-state index < -0.39 is 29.0 Å². The molecular formula is C55H25F6N7. The minimum absolute atomic E-state index is 0.0219. The molecule has 10 rings (SSSR count). The molecule has 7 nitrogen and oxygen atoms in total. The van der Waals surface area contributed by atoms with Gasteiger partial charge in [0.25, 0.3) is 0 Å². The summed E-state index contributed by atoms with van der Waals surface area (Å²) >= 11 is 0. The number of hydrogen-bond donors (Lipinski definition) is 0. The van der Waals surface area contributed by atoms with Gasteiger partial charge in [0.05, 0.1) is 96.7 Å². The van der Waals surface area contributed by atoms with Gasteiger partial charge in [-0.25, -0.2) is 0 Å². The fourth-order valence-electron chi connectivity index (χ4n) is 9.16. The maximum atomic E-state index is 15.3. The Hall–Kier alpha value is -9.61. The summed E-state index contributed by atoms with van der Waals surface area (Å²) in [4.78, 5) is 0. The van der Waals surface area contributed by atoms with Crippen molar-refractivity contribution in [3.8, 4) is 75.1 Å². The van der Waals surface area contributed by atoms with Crippen LogP contribution in [0.2, 0.25) is 0 Å². The third-order valence-corrected chi connectivity index (χ3v) is 12.2. The van der Waals surface area contributed by atoms with Crippen molar-refractivity contribution < 1.29 is 26.3 Å². The summed E-state index contributed by atoms with van der Waals surface area (Å²) in [6, 6.07) is 49.3. The van der Waals surface area contributed by atoms with E-state index in [9.17, 15) is 39.5 Å². The summed E-state index contributed by atoms with van der Waals surface area (Å²) in [6.07, 6.45) is -10.4. The van der Waals surface area contributed by atoms with Gasteiger partial charge in [0, 0.05) is 27.1 Å². The molecule has 0 saturated heterocycles. The number of rotatable bonds is 5. The van der Waals surface area contributed by atoms with Gasteiger partial charge < -0.3 is 9.13 Å². The molecule has 322 valence electrons. The molecule has 0 atom stereocenters. The van der Waals surface area contributed by atoms with Crippen LogP contribution in [0, 0.1) is 56.7 Å². The first-order valence-electron chi connectivity index (χ1n) is 20.6. The highest BCUT2D eigenvalue weighted by Crippen LogP contribution is 2.47. The lowest BCUT2D eigenvalue weighted by Gasteiger charge is -2.22. The van der Waals surface area contributed by atoms with E-state index in [1.54, 1.807) is 94.1 Å². The molecule has 0 spiro atoms. The minimum Gasteiger partial charge on any atom is -0.309 e. The maximum absolute atomic E-state index is 15.3. The zero-order valence-electron chi connectivity index (χ0n) is 34.8. The average molecular weight is 898 g/mol. The third kappa shape index (κ3) is 6.81. The molecule has 0 bridgehead atoms. The summed E-state index contributed by atoms with van der Waals surface area (Å²) in [5.74, 6) is 0. The first-order chi connectivity index (χ1) is 32.8. The van der Waals surface area contributed by atoms with Gasteiger partial charge in [-0.1, -0.05) is 66.7 Å². The van der Waals surface area contributed by atoms with E-state index in [-0.39, 0.29) is 45.3 Å². The van der Waals surface area contributed by atoms with Crippen LogP contribution >= 0.6 is 0 Å². The second kappa shape index (κ2) is 15.8. The molecule has 2 aromatic heterocycles. The fourth-order valence-corrected chi connectivity index (χ4v) is 9.16. The largest absolute Gasteiger partial charge is 0.417 e. The molecule has 0 aliphatic rings. The molecule has 68 heavy (non-hydrogen) atoms. The van der Waals surface area contributed by atoms with Crippen molar-refractivity contribution in [3.05, 3.63) is 191 Å². The van der Waals surface area contributed by atoms with E-state index >= 15 is 13.2 Å². The molecule has 0 saturated carbocycles. The zero-order chi connectivity index (χ0) is 47.6. The zero-order valence-corrected chi connectivity index (χ0v) is 34.8. The van der Waals surface area contributed by atoms with Crippen LogP contribution in [0.4, 0.5) is 26.3 Å². The lowest BCUT2D eigenvalue weighted by Crippen LogP contribution is -2.13. The Kier molecular flexibility index (Phi) is 9.85. The number of alkyl halides is 6. The molecular weight excluding hydrogens is 873 g/mol. The van der Waals surface area contributed by atoms with E-state index in [1.807, 2.05) is 36.4 Å². The highest BCUT2D eigenvalue weighted by Gasteiger charge is 2.39. The van der Waals surface area contributed by atoms with Gasteiger partial charge >= 0.3 is 12.4 Å². The number of nitriles is 5. The maximum Gasteiger partial charge on any atom is 0.417 e. The fraction of sp³-hybridized carbons (Fsp3) is 0.0364. The van der Waals surface area contributed by atoms with Crippen molar-refractivity contribution in [2.45, 2.75) is 12.4 Å². The molecule has 0 radical (unpaired) electrons. The van der Waals surface area contributed by atoms with E-state index in [0.29, 0.717) is 77.5 Å². The standard InChI is InChI=1S/C55H25F6N7/c56-54(57,58)38-13-16-41(47(24-38)55(59,60)61)46-25-52(67-48-7-3-1-5-42(48)44-21-33(11-17-50(44)67)39-14-9-31(26-62)19-35(39)28-64)37(30-66)23-53(46)68-49-8-4-2-6-43(49)45-22-34(12-18-51(45)68)40-15-10-32(27-63)20-36(40)29-65/h1-25H. The molecule has 13 heteroatoms. The highest BCUT2D eigenvalue weighted by atomic mass is 19.4. The van der Waals surface area contributed by atoms with E-state index in [1.165, 1.54) is 24.3 Å². The highest BCUT2D eigenvalue weighted by molar-refractivity contribution is 6.13. The predicted octanol–water partition coefficient (Wildman–Crippen LogP) is 14.3. The summed E-state index contributed by atoms with van der Waals surface area (Å²) in [7, 11) is 0. The average Bonchev–Trinajstić information content (AvgIpc) is 3.86. The minimum atomic E-state index is -5.27. The van der Waals surface area contributed by atoms with Gasteiger partial charge in [0.1, 0.15) is 6.07 Å². The van der Waals surface area contributed by atoms with Crippen LogP contribution in [0.1, 0.15) is 38.9 Å². The van der Waals surface area contributed by atoms with Crippen LogP contribution in [0.3, 0.4) is 0 Å². The van der Waals surface area contributed by atoms with Gasteiger partial charge in [0.15, 0.2) is 0 Å². The predicted molar refractivity (Wildman–Crippen MR) is 245 cm³/mol. The third-order valence-electron chi connectivity index (χ3n) is 12.2. The molecule has 0 unspecified atom stereocenters. The molecule has 10 aromatic rings. The second-order valence-corrected chi connectivity index (χ2v) is 15.9. The summed E-state index contributed by atoms with van der Waals surface area (Å²) < 4.78 is 91.8. The van der Waals surface area contributed by atoms with Crippen LogP contribution in [-0.2, 0) is 12.4 Å². The first kappa shape index (κ1) is 42.3. The monoisotopic (exact) mass is 897 g/mol. The number of benzene rings is 8. The first-order valence-corrected chi connectivity index (χ1v) is 20.6. The van der Waals surface area contributed by atoms with Crippen LogP contribution < -0.4 is 0 Å². The Morgan fingerprint density at radius 3 is 1.29 bits per heavy atom. The Labute approximate surface area is 382 Å². The molecule has 0 amide bonds. The lowest BCUT2D eigenvalue weighted by molar-refractivity contribution is -0.142. The van der Waals surface area contributed by atoms with E-state index in [4.69, 9.17) is 0 Å². The van der Waals surface area contributed by atoms with E-state index in [0.717, 1.165) is 6.07 Å². The van der Waals surface area contributed by atoms with Crippen molar-refractivity contribution >= 4 is 43.6 Å². The molecule has 2 heterocycles. The number of hydrogen-bond acceptors (Lipinski definition) is 5. The van der Waals surface area contributed by atoms with E-state index in [2.05, 4.69) is 18.2 Å². The van der Waals surface area contributed by atoms with Gasteiger partial charge in [-0.15, -0.1) is 0 Å². The smallest absolute Gasteiger partial charge is 0.309 e. The normalized spacial score (nSPS) is 11.6. The Morgan fingerprint density at radius 1 is 0.353 bits per heavy atom. The van der Waals surface area contributed by atoms with Crippen molar-refractivity contribution in [2.24, 2.45) is 0 Å². The van der Waals surface area contributed by atoms with Crippen molar-refractivity contribution in [3.63, 3.8) is 0 Å². The number of halogens is 6. The Morgan fingerprint density at radius 2 is 0.824 bits per heavy atom. The van der Waals surface area contributed by atoms with Gasteiger partial charge in [-0.3, -0.25) is 0 Å². The second-order valence-electron chi connectivity index (χ2n) is 15.9. The lowest BCUT2D eigenvalue weighted by atomic mass is 9.93. The van der Waals surface area contributed by atoms with Crippen molar-refractivity contribution in [1.82, 2.24) is 9.13 Å². The SMILES string of the molecule is N#Cc1ccc(-c2ccc3c(c2)c2ccccc2n3-c2cc(-c3ccc(C(F)(F)F)cc3C(F)(F)F)c(-n3c4ccccc4c4cc(-c5ccc(C#N)cc5C#N)ccc43)cc2C#N)c(C#N)c1. The number of nitrogens with zero attached hydrogens (tertiary/aromatic N) is 7. The summed E-state index contributed by atoms with van der Waals surface area (Å²) in [5.41, 5.74) is 1.98. The number of para-hydroxylation sites is 2. The van der Waals surface area contributed by atoms with Crippen LogP contribution in [0.15, 0.2) is 152 Å². The number of aromatic nitrogens is 2. The Bertz CT molecular complexity index is 4020. The van der Waals surface area contributed by atoms with Gasteiger partial charge in [-0.2, -0.15) is 52.7 Å². The molecule has 8 aromatic carbocycles. The molecule has 0 aliphatic heterocycles. The number of fused-ring (bicyclic) bond motifs is 6. The van der Waals surface area contributed by atoms with Crippen LogP contribution in [-0.4, -0.2) is 9.13 Å². The van der Waals surface area contributed by atoms with Crippen molar-refractivity contribution in [1.29, 1.82) is 26.3 Å². The summed E-state index contributed by atoms with van der Waals surface area (Å²) in [5, 5.41) is 52.6. The van der Waals surface area contributed by atoms with Crippen molar-refractivity contribution in [2.75, 3.05) is 0 Å². The Balaban J connectivity index is 1.29. The van der Waals surface area contributed by atoms with Gasteiger partial charge in [-0.05, 0) is 113 Å². The van der Waals surface area contributed by atoms with Crippen LogP contribution in [0.5, 0.6) is 0 Å². The topological polar surface area (TPSA) is 129 Å².